The second kappa shape index (κ2) is 9.28. The van der Waals surface area contributed by atoms with Gasteiger partial charge in [0.1, 0.15) is 11.6 Å². The highest BCUT2D eigenvalue weighted by atomic mass is 16.4. The topological polar surface area (TPSA) is 133 Å². The number of anilines is 3. The molecule has 3 heterocycles. The van der Waals surface area contributed by atoms with Gasteiger partial charge >= 0.3 is 6.09 Å². The van der Waals surface area contributed by atoms with E-state index in [0.717, 1.165) is 53.8 Å². The minimum atomic E-state index is -1.03. The van der Waals surface area contributed by atoms with E-state index in [1.165, 1.54) is 0 Å². The zero-order valence-corrected chi connectivity index (χ0v) is 19.8. The Hall–Kier alpha value is -4.08. The summed E-state index contributed by atoms with van der Waals surface area (Å²) in [5, 5.41) is 26.2. The summed E-state index contributed by atoms with van der Waals surface area (Å²) >= 11 is 0. The van der Waals surface area contributed by atoms with Crippen LogP contribution in [0.3, 0.4) is 0 Å². The van der Waals surface area contributed by atoms with Crippen LogP contribution >= 0.6 is 0 Å². The van der Waals surface area contributed by atoms with E-state index >= 15 is 0 Å². The molecule has 0 unspecified atom stereocenters. The molecule has 1 fully saturated rings. The minimum absolute atomic E-state index is 0.130. The Bertz CT molecular complexity index is 1290. The smallest absolute Gasteiger partial charge is 0.404 e. The lowest BCUT2D eigenvalue weighted by atomic mass is 9.90. The number of aryl methyl sites for hydroxylation is 2. The van der Waals surface area contributed by atoms with Gasteiger partial charge in [0.2, 0.25) is 0 Å². The molecule has 0 saturated heterocycles. The molecule has 10 nitrogen and oxygen atoms in total. The highest BCUT2D eigenvalue weighted by Gasteiger charge is 2.33. The number of rotatable bonds is 6. The summed E-state index contributed by atoms with van der Waals surface area (Å²) in [4.78, 5) is 29.3. The van der Waals surface area contributed by atoms with Crippen LogP contribution in [0.2, 0.25) is 0 Å². The minimum Gasteiger partial charge on any atom is -0.465 e. The first kappa shape index (κ1) is 22.7. The van der Waals surface area contributed by atoms with Crippen molar-refractivity contribution in [1.29, 1.82) is 0 Å². The van der Waals surface area contributed by atoms with Crippen LogP contribution in [-0.2, 0) is 13.6 Å². The number of pyridine rings is 1. The first-order valence-corrected chi connectivity index (χ1v) is 11.8. The monoisotopic (exact) mass is 475 g/mol. The van der Waals surface area contributed by atoms with E-state index < -0.39 is 6.09 Å². The molecule has 2 atom stereocenters. The summed E-state index contributed by atoms with van der Waals surface area (Å²) in [7, 11) is 1.85. The Labute approximate surface area is 203 Å². The third-order valence-corrected chi connectivity index (χ3v) is 6.71. The SMILES string of the molecule is Cc1cccc(Nc2nc(N[C@@H]3CCCC[C@@H]3NC(=O)O)c(-c3ccnn3C)c3c2C(=O)NC3)c1. The Kier molecular flexibility index (Phi) is 6.02. The van der Waals surface area contributed by atoms with E-state index in [4.69, 9.17) is 4.98 Å². The summed E-state index contributed by atoms with van der Waals surface area (Å²) in [6.07, 6.45) is 4.21. The molecule has 5 N–H and O–H groups in total. The average Bonchev–Trinajstić information content (AvgIpc) is 3.41. The third kappa shape index (κ3) is 4.51. The highest BCUT2D eigenvalue weighted by Crippen LogP contribution is 2.39. The summed E-state index contributed by atoms with van der Waals surface area (Å²) in [5.74, 6) is 0.886. The van der Waals surface area contributed by atoms with E-state index in [0.29, 0.717) is 23.7 Å². The fourth-order valence-electron chi connectivity index (χ4n) is 5.07. The van der Waals surface area contributed by atoms with Crippen LogP contribution in [0.1, 0.15) is 47.2 Å². The van der Waals surface area contributed by atoms with Gasteiger partial charge in [-0.2, -0.15) is 5.10 Å². The predicted molar refractivity (Wildman–Crippen MR) is 133 cm³/mol. The number of carboxylic acid groups (broad SMARTS) is 1. The van der Waals surface area contributed by atoms with E-state index in [-0.39, 0.29) is 18.0 Å². The highest BCUT2D eigenvalue weighted by molar-refractivity contribution is 6.06. The van der Waals surface area contributed by atoms with Crippen LogP contribution in [-0.4, -0.2) is 44.0 Å². The van der Waals surface area contributed by atoms with Crippen molar-refractivity contribution >= 4 is 29.3 Å². The first-order valence-electron chi connectivity index (χ1n) is 11.8. The lowest BCUT2D eigenvalue weighted by molar-refractivity contribution is 0.0966. The van der Waals surface area contributed by atoms with Gasteiger partial charge in [0, 0.05) is 42.6 Å². The van der Waals surface area contributed by atoms with Crippen molar-refractivity contribution in [2.45, 2.75) is 51.2 Å². The van der Waals surface area contributed by atoms with Crippen LogP contribution in [0.25, 0.3) is 11.3 Å². The molecule has 1 aromatic carbocycles. The van der Waals surface area contributed by atoms with Gasteiger partial charge in [0.25, 0.3) is 5.91 Å². The number of hydrogen-bond donors (Lipinski definition) is 5. The van der Waals surface area contributed by atoms with Crippen molar-refractivity contribution in [2.75, 3.05) is 10.6 Å². The summed E-state index contributed by atoms with van der Waals surface area (Å²) in [6.45, 7) is 2.38. The number of benzene rings is 1. The van der Waals surface area contributed by atoms with Crippen LogP contribution in [0, 0.1) is 6.92 Å². The van der Waals surface area contributed by atoms with Crippen molar-refractivity contribution in [2.24, 2.45) is 7.05 Å². The molecule has 2 amide bonds. The van der Waals surface area contributed by atoms with Crippen LogP contribution in [0.15, 0.2) is 36.5 Å². The number of amides is 2. The van der Waals surface area contributed by atoms with Gasteiger partial charge in [-0.05, 0) is 43.5 Å². The molecular formula is C25H29N7O3. The molecule has 3 aromatic rings. The van der Waals surface area contributed by atoms with Crippen molar-refractivity contribution in [3.8, 4) is 11.3 Å². The second-order valence-electron chi connectivity index (χ2n) is 9.15. The normalized spacial score (nSPS) is 19.1. The van der Waals surface area contributed by atoms with Crippen LogP contribution < -0.4 is 21.3 Å². The fraction of sp³-hybridized carbons (Fsp3) is 0.360. The van der Waals surface area contributed by atoms with E-state index in [1.54, 1.807) is 10.9 Å². The summed E-state index contributed by atoms with van der Waals surface area (Å²) < 4.78 is 1.76. The van der Waals surface area contributed by atoms with E-state index in [2.05, 4.69) is 26.4 Å². The van der Waals surface area contributed by atoms with E-state index in [1.807, 2.05) is 44.3 Å². The standard InChI is InChI=1S/C25H29N7O3/c1-14-6-5-7-15(12-14)28-23-21-16(13-26-24(21)33)20(19-10-11-27-32(19)2)22(31-23)29-17-8-3-4-9-18(17)30-25(34)35/h5-7,10-12,17-18,30H,3-4,8-9,13H2,1-2H3,(H,26,33)(H,34,35)(H2,28,29,31)/t17-,18+/m1/s1. The Morgan fingerprint density at radius 3 is 2.66 bits per heavy atom. The largest absolute Gasteiger partial charge is 0.465 e. The number of carbonyl (C=O) groups is 2. The van der Waals surface area contributed by atoms with Crippen molar-refractivity contribution in [1.82, 2.24) is 25.4 Å². The molecule has 1 aliphatic heterocycles. The van der Waals surface area contributed by atoms with Gasteiger partial charge in [0.15, 0.2) is 0 Å². The molecule has 0 bridgehead atoms. The molecule has 182 valence electrons. The van der Waals surface area contributed by atoms with Gasteiger partial charge < -0.3 is 26.4 Å². The maximum atomic E-state index is 12.9. The molecule has 0 spiro atoms. The zero-order chi connectivity index (χ0) is 24.5. The average molecular weight is 476 g/mol. The van der Waals surface area contributed by atoms with E-state index in [9.17, 15) is 14.7 Å². The van der Waals surface area contributed by atoms with Crippen molar-refractivity contribution < 1.29 is 14.7 Å². The van der Waals surface area contributed by atoms with Gasteiger partial charge in [-0.3, -0.25) is 9.48 Å². The molecule has 2 aromatic heterocycles. The Morgan fingerprint density at radius 2 is 1.94 bits per heavy atom. The molecule has 0 radical (unpaired) electrons. The number of fused-ring (bicyclic) bond motifs is 1. The fourth-order valence-corrected chi connectivity index (χ4v) is 5.07. The number of aromatic nitrogens is 3. The molecule has 10 heteroatoms. The first-order chi connectivity index (χ1) is 16.9. The molecular weight excluding hydrogens is 446 g/mol. The number of carbonyl (C=O) groups excluding carboxylic acids is 1. The van der Waals surface area contributed by atoms with Crippen LogP contribution in [0.5, 0.6) is 0 Å². The second-order valence-corrected chi connectivity index (χ2v) is 9.15. The Balaban J connectivity index is 1.63. The maximum Gasteiger partial charge on any atom is 0.404 e. The lowest BCUT2D eigenvalue weighted by Crippen LogP contribution is -2.48. The van der Waals surface area contributed by atoms with Gasteiger partial charge in [-0.25, -0.2) is 9.78 Å². The van der Waals surface area contributed by atoms with Gasteiger partial charge in [-0.15, -0.1) is 0 Å². The summed E-state index contributed by atoms with van der Waals surface area (Å²) in [6, 6.07) is 9.42. The van der Waals surface area contributed by atoms with Crippen molar-refractivity contribution in [3.63, 3.8) is 0 Å². The molecule has 1 aliphatic carbocycles. The predicted octanol–water partition coefficient (Wildman–Crippen LogP) is 3.77. The number of nitrogens with one attached hydrogen (secondary N) is 4. The van der Waals surface area contributed by atoms with Gasteiger partial charge in [-0.1, -0.05) is 25.0 Å². The molecule has 2 aliphatic rings. The third-order valence-electron chi connectivity index (χ3n) is 6.71. The molecule has 35 heavy (non-hydrogen) atoms. The lowest BCUT2D eigenvalue weighted by Gasteiger charge is -2.33. The van der Waals surface area contributed by atoms with Gasteiger partial charge in [0.05, 0.1) is 17.3 Å². The quantitative estimate of drug-likeness (QED) is 0.366. The maximum absolute atomic E-state index is 12.9. The summed E-state index contributed by atoms with van der Waals surface area (Å²) in [5.41, 5.74) is 4.90. The molecule has 5 rings (SSSR count). The number of hydrogen-bond acceptors (Lipinski definition) is 6. The zero-order valence-electron chi connectivity index (χ0n) is 19.8. The number of nitrogens with zero attached hydrogens (tertiary/aromatic N) is 3. The molecule has 1 saturated carbocycles. The van der Waals surface area contributed by atoms with Crippen molar-refractivity contribution in [3.05, 3.63) is 53.2 Å². The van der Waals surface area contributed by atoms with Crippen LogP contribution in [0.4, 0.5) is 22.1 Å². The Morgan fingerprint density at radius 1 is 1.14 bits per heavy atom.